The van der Waals surface area contributed by atoms with Gasteiger partial charge in [-0.2, -0.15) is 0 Å². The fraction of sp³-hybridized carbons (Fsp3) is 0.250. The van der Waals surface area contributed by atoms with E-state index in [0.717, 1.165) is 11.1 Å². The van der Waals surface area contributed by atoms with Crippen molar-refractivity contribution < 1.29 is 4.39 Å². The van der Waals surface area contributed by atoms with E-state index in [1.807, 2.05) is 25.1 Å². The van der Waals surface area contributed by atoms with Crippen molar-refractivity contribution in [2.24, 2.45) is 0 Å². The molecule has 0 aliphatic carbocycles. The molecule has 0 bridgehead atoms. The zero-order valence-corrected chi connectivity index (χ0v) is 12.4. The van der Waals surface area contributed by atoms with Crippen LogP contribution in [0.5, 0.6) is 0 Å². The maximum atomic E-state index is 13.9. The number of aryl methyl sites for hydroxylation is 3. The normalized spacial score (nSPS) is 12.5. The lowest BCUT2D eigenvalue weighted by Crippen LogP contribution is -1.98. The van der Waals surface area contributed by atoms with Gasteiger partial charge in [-0.15, -0.1) is 0 Å². The molecule has 0 amide bonds. The van der Waals surface area contributed by atoms with Crippen molar-refractivity contribution in [2.75, 3.05) is 0 Å². The van der Waals surface area contributed by atoms with Crippen molar-refractivity contribution in [2.45, 2.75) is 25.6 Å². The maximum Gasteiger partial charge on any atom is 0.128 e. The Bertz CT molecular complexity index is 575. The summed E-state index contributed by atoms with van der Waals surface area (Å²) in [6.45, 7) is 6.05. The van der Waals surface area contributed by atoms with Crippen LogP contribution in [0.4, 0.5) is 4.39 Å². The third-order valence-electron chi connectivity index (χ3n) is 3.25. The Kier molecular flexibility index (Phi) is 3.86. The molecule has 0 nitrogen and oxygen atoms in total. The van der Waals surface area contributed by atoms with E-state index in [1.165, 1.54) is 11.1 Å². The van der Waals surface area contributed by atoms with E-state index in [2.05, 4.69) is 41.9 Å². The van der Waals surface area contributed by atoms with Crippen LogP contribution < -0.4 is 0 Å². The first-order valence-corrected chi connectivity index (χ1v) is 6.88. The minimum atomic E-state index is -0.157. The van der Waals surface area contributed by atoms with Gasteiger partial charge in [-0.25, -0.2) is 4.39 Å². The Morgan fingerprint density at radius 2 is 1.67 bits per heavy atom. The third kappa shape index (κ3) is 2.64. The quantitative estimate of drug-likeness (QED) is 0.666. The van der Waals surface area contributed by atoms with Gasteiger partial charge in [0.15, 0.2) is 0 Å². The molecule has 0 aromatic heterocycles. The zero-order chi connectivity index (χ0) is 13.3. The molecule has 0 saturated heterocycles. The van der Waals surface area contributed by atoms with Gasteiger partial charge in [-0.05, 0) is 49.1 Å². The molecule has 0 N–H and O–H groups in total. The molecule has 0 heterocycles. The smallest absolute Gasteiger partial charge is 0.128 e. The van der Waals surface area contributed by atoms with Crippen LogP contribution in [-0.2, 0) is 0 Å². The fourth-order valence-corrected chi connectivity index (χ4v) is 2.60. The van der Waals surface area contributed by atoms with Crippen molar-refractivity contribution >= 4 is 15.9 Å². The minimum absolute atomic E-state index is 0.0996. The highest BCUT2D eigenvalue weighted by molar-refractivity contribution is 9.09. The van der Waals surface area contributed by atoms with E-state index in [0.29, 0.717) is 5.56 Å². The largest absolute Gasteiger partial charge is 0.207 e. The molecule has 2 heteroatoms. The van der Waals surface area contributed by atoms with Crippen molar-refractivity contribution in [3.8, 4) is 0 Å². The van der Waals surface area contributed by atoms with Gasteiger partial charge in [-0.1, -0.05) is 46.3 Å². The summed E-state index contributed by atoms with van der Waals surface area (Å²) in [5, 5.41) is 0. The molecule has 0 aliphatic heterocycles. The number of hydrogen-bond acceptors (Lipinski definition) is 0. The maximum absolute atomic E-state index is 13.9. The lowest BCUT2D eigenvalue weighted by Gasteiger charge is -2.14. The third-order valence-corrected chi connectivity index (χ3v) is 4.27. The highest BCUT2D eigenvalue weighted by Crippen LogP contribution is 2.33. The second-order valence-electron chi connectivity index (χ2n) is 4.73. The van der Waals surface area contributed by atoms with E-state index in [1.54, 1.807) is 6.07 Å². The van der Waals surface area contributed by atoms with Crippen LogP contribution in [-0.4, -0.2) is 0 Å². The lowest BCUT2D eigenvalue weighted by atomic mass is 9.99. The summed E-state index contributed by atoms with van der Waals surface area (Å²) in [6.07, 6.45) is 0. The van der Waals surface area contributed by atoms with Gasteiger partial charge < -0.3 is 0 Å². The predicted octanol–water partition coefficient (Wildman–Crippen LogP) is 5.24. The van der Waals surface area contributed by atoms with Gasteiger partial charge in [0.1, 0.15) is 5.82 Å². The topological polar surface area (TPSA) is 0 Å². The number of hydrogen-bond donors (Lipinski definition) is 0. The molecular weight excluding hydrogens is 291 g/mol. The number of alkyl halides is 1. The molecule has 0 saturated carbocycles. The number of rotatable bonds is 2. The Morgan fingerprint density at radius 3 is 2.28 bits per heavy atom. The summed E-state index contributed by atoms with van der Waals surface area (Å²) < 4.78 is 13.9. The summed E-state index contributed by atoms with van der Waals surface area (Å²) in [5.74, 6) is -0.157. The van der Waals surface area contributed by atoms with Crippen molar-refractivity contribution in [1.29, 1.82) is 0 Å². The van der Waals surface area contributed by atoms with Crippen LogP contribution in [0.2, 0.25) is 0 Å². The molecule has 0 radical (unpaired) electrons. The SMILES string of the molecule is Cc1ccc(C(Br)c2ccc(C)c(C)c2)c(F)c1. The van der Waals surface area contributed by atoms with Gasteiger partial charge in [0.2, 0.25) is 0 Å². The number of halogens is 2. The van der Waals surface area contributed by atoms with Crippen LogP contribution in [0.25, 0.3) is 0 Å². The van der Waals surface area contributed by atoms with Crippen molar-refractivity contribution in [3.63, 3.8) is 0 Å². The first-order valence-electron chi connectivity index (χ1n) is 5.96. The Balaban J connectivity index is 2.41. The van der Waals surface area contributed by atoms with Gasteiger partial charge in [0, 0.05) is 5.56 Å². The van der Waals surface area contributed by atoms with E-state index in [-0.39, 0.29) is 10.6 Å². The summed E-state index contributed by atoms with van der Waals surface area (Å²) in [7, 11) is 0. The first kappa shape index (κ1) is 13.3. The Morgan fingerprint density at radius 1 is 0.944 bits per heavy atom. The molecule has 0 fully saturated rings. The average Bonchev–Trinajstić information content (AvgIpc) is 2.32. The standard InChI is InChI=1S/C16H16BrF/c1-10-4-7-14(15(18)8-10)16(17)13-6-5-11(2)12(3)9-13/h4-9,16H,1-3H3. The van der Waals surface area contributed by atoms with E-state index >= 15 is 0 Å². The van der Waals surface area contributed by atoms with Crippen LogP contribution in [0.15, 0.2) is 36.4 Å². The molecule has 2 aromatic rings. The van der Waals surface area contributed by atoms with Gasteiger partial charge >= 0.3 is 0 Å². The van der Waals surface area contributed by atoms with E-state index in [4.69, 9.17) is 0 Å². The van der Waals surface area contributed by atoms with Crippen molar-refractivity contribution in [1.82, 2.24) is 0 Å². The highest BCUT2D eigenvalue weighted by Gasteiger charge is 2.15. The fourth-order valence-electron chi connectivity index (χ4n) is 1.94. The van der Waals surface area contributed by atoms with Crippen LogP contribution >= 0.6 is 15.9 Å². The lowest BCUT2D eigenvalue weighted by molar-refractivity contribution is 0.612. The van der Waals surface area contributed by atoms with Crippen LogP contribution in [0.3, 0.4) is 0 Å². The number of benzene rings is 2. The second kappa shape index (κ2) is 5.23. The van der Waals surface area contributed by atoms with Crippen LogP contribution in [0, 0.1) is 26.6 Å². The second-order valence-corrected chi connectivity index (χ2v) is 5.65. The predicted molar refractivity (Wildman–Crippen MR) is 77.8 cm³/mol. The monoisotopic (exact) mass is 306 g/mol. The summed E-state index contributed by atoms with van der Waals surface area (Å²) >= 11 is 3.59. The van der Waals surface area contributed by atoms with E-state index < -0.39 is 0 Å². The molecule has 2 rings (SSSR count). The first-order chi connectivity index (χ1) is 8.49. The zero-order valence-electron chi connectivity index (χ0n) is 10.8. The summed E-state index contributed by atoms with van der Waals surface area (Å²) in [5.41, 5.74) is 5.19. The highest BCUT2D eigenvalue weighted by atomic mass is 79.9. The van der Waals surface area contributed by atoms with E-state index in [9.17, 15) is 4.39 Å². The molecular formula is C16H16BrF. The molecule has 94 valence electrons. The average molecular weight is 307 g/mol. The minimum Gasteiger partial charge on any atom is -0.207 e. The van der Waals surface area contributed by atoms with Crippen LogP contribution in [0.1, 0.15) is 32.6 Å². The molecule has 1 unspecified atom stereocenters. The summed E-state index contributed by atoms with van der Waals surface area (Å²) in [6, 6.07) is 11.6. The Hall–Kier alpha value is -1.15. The molecule has 0 aliphatic rings. The Labute approximate surface area is 116 Å². The van der Waals surface area contributed by atoms with Gasteiger partial charge in [-0.3, -0.25) is 0 Å². The molecule has 0 spiro atoms. The van der Waals surface area contributed by atoms with Gasteiger partial charge in [0.25, 0.3) is 0 Å². The molecule has 18 heavy (non-hydrogen) atoms. The molecule has 2 aromatic carbocycles. The van der Waals surface area contributed by atoms with Gasteiger partial charge in [0.05, 0.1) is 4.83 Å². The summed E-state index contributed by atoms with van der Waals surface area (Å²) in [4.78, 5) is -0.0996. The van der Waals surface area contributed by atoms with Crippen molar-refractivity contribution in [3.05, 3.63) is 70.0 Å². The molecule has 1 atom stereocenters.